The average Bonchev–Trinajstić information content (AvgIpc) is 3.23. The third-order valence-corrected chi connectivity index (χ3v) is 5.64. The molecule has 21 heavy (non-hydrogen) atoms. The highest BCUT2D eigenvalue weighted by Gasteiger charge is 2.29. The van der Waals surface area contributed by atoms with Gasteiger partial charge >= 0.3 is 0 Å². The first kappa shape index (κ1) is 13.8. The third kappa shape index (κ3) is 3.32. The summed E-state index contributed by atoms with van der Waals surface area (Å²) >= 11 is 0. The summed E-state index contributed by atoms with van der Waals surface area (Å²) in [5.74, 6) is 1.76. The van der Waals surface area contributed by atoms with Crippen LogP contribution < -0.4 is 5.32 Å². The summed E-state index contributed by atoms with van der Waals surface area (Å²) in [6.07, 6.45) is 8.39. The molecule has 0 amide bonds. The van der Waals surface area contributed by atoms with Crippen LogP contribution in [0.25, 0.3) is 0 Å². The molecular weight excluding hydrogens is 256 g/mol. The molecule has 3 aliphatic rings. The highest BCUT2D eigenvalue weighted by atomic mass is 15.1. The van der Waals surface area contributed by atoms with E-state index in [9.17, 15) is 0 Å². The van der Waals surface area contributed by atoms with Crippen LogP contribution in [-0.4, -0.2) is 30.6 Å². The van der Waals surface area contributed by atoms with Crippen LogP contribution in [0, 0.1) is 5.92 Å². The average molecular weight is 284 g/mol. The van der Waals surface area contributed by atoms with E-state index in [4.69, 9.17) is 0 Å². The molecule has 4 rings (SSSR count). The highest BCUT2D eigenvalue weighted by Crippen LogP contribution is 2.40. The van der Waals surface area contributed by atoms with Crippen molar-refractivity contribution in [2.24, 2.45) is 5.92 Å². The Balaban J connectivity index is 1.34. The lowest BCUT2D eigenvalue weighted by atomic mass is 9.89. The van der Waals surface area contributed by atoms with Gasteiger partial charge in [-0.1, -0.05) is 24.3 Å². The molecule has 0 spiro atoms. The van der Waals surface area contributed by atoms with Crippen LogP contribution in [0.5, 0.6) is 0 Å². The minimum atomic E-state index is 0.796. The summed E-state index contributed by atoms with van der Waals surface area (Å²) in [7, 11) is 0. The number of piperidine rings is 1. The number of benzene rings is 1. The first-order chi connectivity index (χ1) is 10.4. The van der Waals surface area contributed by atoms with Crippen molar-refractivity contribution >= 4 is 0 Å². The Kier molecular flexibility index (Phi) is 4.00. The lowest BCUT2D eigenvalue weighted by Gasteiger charge is -2.35. The van der Waals surface area contributed by atoms with Crippen molar-refractivity contribution < 1.29 is 0 Å². The molecule has 2 heterocycles. The third-order valence-electron chi connectivity index (χ3n) is 5.64. The van der Waals surface area contributed by atoms with E-state index in [0.717, 1.165) is 24.4 Å². The first-order valence-corrected chi connectivity index (χ1v) is 8.93. The van der Waals surface area contributed by atoms with Gasteiger partial charge in [0.15, 0.2) is 0 Å². The summed E-state index contributed by atoms with van der Waals surface area (Å²) in [6, 6.07) is 10.3. The molecule has 2 unspecified atom stereocenters. The van der Waals surface area contributed by atoms with Gasteiger partial charge in [-0.15, -0.1) is 0 Å². The predicted molar refractivity (Wildman–Crippen MR) is 87.4 cm³/mol. The molecule has 1 aromatic rings. The standard InChI is InChI=1S/C19H28N2/c1-4-19(20-11-1)18-3-2-12-21(14-18)13-15-5-7-16(8-6-15)17-9-10-17/h5-8,17-20H,1-4,9-14H2. The highest BCUT2D eigenvalue weighted by molar-refractivity contribution is 5.28. The molecule has 1 N–H and O–H groups in total. The molecule has 2 aliphatic heterocycles. The molecule has 2 atom stereocenters. The molecule has 114 valence electrons. The molecule has 3 fully saturated rings. The van der Waals surface area contributed by atoms with Gasteiger partial charge in [-0.3, -0.25) is 4.90 Å². The van der Waals surface area contributed by atoms with Crippen LogP contribution in [0.15, 0.2) is 24.3 Å². The van der Waals surface area contributed by atoms with Crippen LogP contribution in [-0.2, 0) is 6.54 Å². The van der Waals surface area contributed by atoms with Crippen LogP contribution in [0.4, 0.5) is 0 Å². The van der Waals surface area contributed by atoms with Crippen molar-refractivity contribution in [3.63, 3.8) is 0 Å². The fourth-order valence-electron chi connectivity index (χ4n) is 4.25. The second-order valence-corrected chi connectivity index (χ2v) is 7.36. The molecule has 0 radical (unpaired) electrons. The zero-order valence-corrected chi connectivity index (χ0v) is 13.1. The summed E-state index contributed by atoms with van der Waals surface area (Å²) < 4.78 is 0. The maximum atomic E-state index is 3.71. The summed E-state index contributed by atoms with van der Waals surface area (Å²) in [5, 5.41) is 3.71. The molecule has 1 aliphatic carbocycles. The Bertz CT molecular complexity index is 457. The summed E-state index contributed by atoms with van der Waals surface area (Å²) in [4.78, 5) is 2.68. The van der Waals surface area contributed by atoms with E-state index in [2.05, 4.69) is 34.5 Å². The number of hydrogen-bond acceptors (Lipinski definition) is 2. The van der Waals surface area contributed by atoms with E-state index < -0.39 is 0 Å². The van der Waals surface area contributed by atoms with E-state index in [1.54, 1.807) is 5.56 Å². The molecule has 0 aromatic heterocycles. The molecular formula is C19H28N2. The van der Waals surface area contributed by atoms with Crippen molar-refractivity contribution in [3.05, 3.63) is 35.4 Å². The Morgan fingerprint density at radius 3 is 2.57 bits per heavy atom. The smallest absolute Gasteiger partial charge is 0.0233 e. The van der Waals surface area contributed by atoms with Crippen molar-refractivity contribution in [2.45, 2.75) is 57.0 Å². The monoisotopic (exact) mass is 284 g/mol. The minimum absolute atomic E-state index is 0.796. The van der Waals surface area contributed by atoms with Gasteiger partial charge in [0, 0.05) is 19.1 Å². The van der Waals surface area contributed by atoms with Gasteiger partial charge in [0.1, 0.15) is 0 Å². The van der Waals surface area contributed by atoms with Crippen molar-refractivity contribution in [2.75, 3.05) is 19.6 Å². The number of likely N-dealkylation sites (tertiary alicyclic amines) is 1. The molecule has 0 bridgehead atoms. The van der Waals surface area contributed by atoms with Crippen molar-refractivity contribution in [1.82, 2.24) is 10.2 Å². The van der Waals surface area contributed by atoms with E-state index in [1.165, 1.54) is 63.7 Å². The molecule has 1 saturated carbocycles. The number of nitrogens with zero attached hydrogens (tertiary/aromatic N) is 1. The van der Waals surface area contributed by atoms with Crippen LogP contribution in [0.2, 0.25) is 0 Å². The zero-order valence-electron chi connectivity index (χ0n) is 13.1. The minimum Gasteiger partial charge on any atom is -0.314 e. The second-order valence-electron chi connectivity index (χ2n) is 7.36. The van der Waals surface area contributed by atoms with Crippen molar-refractivity contribution in [3.8, 4) is 0 Å². The van der Waals surface area contributed by atoms with E-state index >= 15 is 0 Å². The van der Waals surface area contributed by atoms with Gasteiger partial charge < -0.3 is 5.32 Å². The summed E-state index contributed by atoms with van der Waals surface area (Å²) in [5.41, 5.74) is 3.06. The maximum absolute atomic E-state index is 3.71. The fraction of sp³-hybridized carbons (Fsp3) is 0.684. The molecule has 2 saturated heterocycles. The Labute approximate surface area is 128 Å². The Hall–Kier alpha value is -0.860. The van der Waals surface area contributed by atoms with Gasteiger partial charge in [-0.05, 0) is 74.6 Å². The topological polar surface area (TPSA) is 15.3 Å². The lowest BCUT2D eigenvalue weighted by molar-refractivity contribution is 0.145. The van der Waals surface area contributed by atoms with Crippen LogP contribution in [0.1, 0.15) is 55.6 Å². The van der Waals surface area contributed by atoms with E-state index in [0.29, 0.717) is 0 Å². The normalized spacial score (nSPS) is 30.7. The second kappa shape index (κ2) is 6.10. The summed E-state index contributed by atoms with van der Waals surface area (Å²) in [6.45, 7) is 4.97. The quantitative estimate of drug-likeness (QED) is 0.910. The zero-order chi connectivity index (χ0) is 14.1. The SMILES string of the molecule is c1cc(C2CC2)ccc1CN1CCCC(C2CCCN2)C1. The number of rotatable bonds is 4. The predicted octanol–water partition coefficient (Wildman–Crippen LogP) is 3.53. The van der Waals surface area contributed by atoms with E-state index in [1.807, 2.05) is 0 Å². The largest absolute Gasteiger partial charge is 0.314 e. The van der Waals surface area contributed by atoms with Gasteiger partial charge in [-0.25, -0.2) is 0 Å². The molecule has 2 heteroatoms. The Morgan fingerprint density at radius 2 is 1.86 bits per heavy atom. The fourth-order valence-corrected chi connectivity index (χ4v) is 4.25. The Morgan fingerprint density at radius 1 is 1.00 bits per heavy atom. The maximum Gasteiger partial charge on any atom is 0.0233 e. The van der Waals surface area contributed by atoms with Crippen LogP contribution >= 0.6 is 0 Å². The number of hydrogen-bond donors (Lipinski definition) is 1. The van der Waals surface area contributed by atoms with E-state index in [-0.39, 0.29) is 0 Å². The lowest BCUT2D eigenvalue weighted by Crippen LogP contribution is -2.43. The van der Waals surface area contributed by atoms with Crippen LogP contribution in [0.3, 0.4) is 0 Å². The number of nitrogens with one attached hydrogen (secondary N) is 1. The first-order valence-electron chi connectivity index (χ1n) is 8.93. The van der Waals surface area contributed by atoms with Gasteiger partial charge in [0.05, 0.1) is 0 Å². The van der Waals surface area contributed by atoms with Gasteiger partial charge in [-0.2, -0.15) is 0 Å². The van der Waals surface area contributed by atoms with Gasteiger partial charge in [0.25, 0.3) is 0 Å². The molecule has 1 aromatic carbocycles. The van der Waals surface area contributed by atoms with Crippen molar-refractivity contribution in [1.29, 1.82) is 0 Å². The van der Waals surface area contributed by atoms with Gasteiger partial charge in [0.2, 0.25) is 0 Å². The molecule has 2 nitrogen and oxygen atoms in total.